The Kier molecular flexibility index (Phi) is 4.97. The molecule has 0 unspecified atom stereocenters. The molecule has 0 saturated heterocycles. The SMILES string of the molecule is CC(C)(Oc1ccc(F)cc1)C(=O)NCc1ccc(-n2cccn2)nc1. The van der Waals surface area contributed by atoms with Gasteiger partial charge in [-0.2, -0.15) is 5.10 Å². The molecule has 1 aromatic carbocycles. The van der Waals surface area contributed by atoms with Gasteiger partial charge in [0.1, 0.15) is 11.6 Å². The molecule has 3 aromatic rings. The van der Waals surface area contributed by atoms with Crippen LogP contribution in [0.4, 0.5) is 4.39 Å². The number of carbonyl (C=O) groups excluding carboxylic acids is 1. The molecule has 0 aliphatic rings. The fraction of sp³-hybridized carbons (Fsp3) is 0.211. The molecule has 0 radical (unpaired) electrons. The number of hydrogen-bond donors (Lipinski definition) is 1. The molecule has 0 aliphatic heterocycles. The molecule has 134 valence electrons. The Balaban J connectivity index is 1.57. The Labute approximate surface area is 150 Å². The number of hydrogen-bond acceptors (Lipinski definition) is 4. The first-order valence-electron chi connectivity index (χ1n) is 8.12. The van der Waals surface area contributed by atoms with Crippen LogP contribution >= 0.6 is 0 Å². The molecule has 2 heterocycles. The number of nitrogens with one attached hydrogen (secondary N) is 1. The van der Waals surface area contributed by atoms with Crippen LogP contribution in [0.3, 0.4) is 0 Å². The first kappa shape index (κ1) is 17.6. The van der Waals surface area contributed by atoms with Crippen molar-refractivity contribution in [2.45, 2.75) is 26.0 Å². The maximum absolute atomic E-state index is 13.0. The molecular formula is C19H19FN4O2. The summed E-state index contributed by atoms with van der Waals surface area (Å²) in [6.07, 6.45) is 5.17. The van der Waals surface area contributed by atoms with Gasteiger partial charge in [0.25, 0.3) is 5.91 Å². The summed E-state index contributed by atoms with van der Waals surface area (Å²) in [5.74, 6) is 0.491. The summed E-state index contributed by atoms with van der Waals surface area (Å²) >= 11 is 0. The number of aromatic nitrogens is 3. The molecule has 0 bridgehead atoms. The van der Waals surface area contributed by atoms with E-state index in [1.807, 2.05) is 18.2 Å². The van der Waals surface area contributed by atoms with Crippen LogP contribution in [0.25, 0.3) is 5.82 Å². The number of ether oxygens (including phenoxy) is 1. The van der Waals surface area contributed by atoms with Crippen LogP contribution in [0.2, 0.25) is 0 Å². The first-order valence-corrected chi connectivity index (χ1v) is 8.12. The number of halogens is 1. The molecule has 1 amide bonds. The average molecular weight is 354 g/mol. The lowest BCUT2D eigenvalue weighted by molar-refractivity contribution is -0.134. The van der Waals surface area contributed by atoms with E-state index in [9.17, 15) is 9.18 Å². The van der Waals surface area contributed by atoms with Gasteiger partial charge in [0.05, 0.1) is 0 Å². The Morgan fingerprint density at radius 3 is 2.62 bits per heavy atom. The molecule has 6 nitrogen and oxygen atoms in total. The summed E-state index contributed by atoms with van der Waals surface area (Å²) < 4.78 is 20.3. The lowest BCUT2D eigenvalue weighted by atomic mass is 10.1. The number of benzene rings is 1. The first-order chi connectivity index (χ1) is 12.4. The monoisotopic (exact) mass is 354 g/mol. The molecule has 0 aliphatic carbocycles. The number of amides is 1. The van der Waals surface area contributed by atoms with Crippen LogP contribution in [-0.4, -0.2) is 26.3 Å². The van der Waals surface area contributed by atoms with Crippen molar-refractivity contribution in [3.63, 3.8) is 0 Å². The van der Waals surface area contributed by atoms with Crippen molar-refractivity contribution < 1.29 is 13.9 Å². The topological polar surface area (TPSA) is 69.0 Å². The van der Waals surface area contributed by atoms with Gasteiger partial charge in [-0.25, -0.2) is 14.1 Å². The van der Waals surface area contributed by atoms with E-state index in [0.29, 0.717) is 18.1 Å². The van der Waals surface area contributed by atoms with Gasteiger partial charge >= 0.3 is 0 Å². The highest BCUT2D eigenvalue weighted by atomic mass is 19.1. The average Bonchev–Trinajstić information content (AvgIpc) is 3.16. The van der Waals surface area contributed by atoms with E-state index in [1.54, 1.807) is 37.1 Å². The number of carbonyl (C=O) groups is 1. The maximum Gasteiger partial charge on any atom is 0.263 e. The normalized spacial score (nSPS) is 11.2. The minimum absolute atomic E-state index is 0.280. The fourth-order valence-electron chi connectivity index (χ4n) is 2.30. The van der Waals surface area contributed by atoms with E-state index in [-0.39, 0.29) is 11.7 Å². The zero-order chi connectivity index (χ0) is 18.6. The minimum atomic E-state index is -1.10. The van der Waals surface area contributed by atoms with Crippen molar-refractivity contribution >= 4 is 5.91 Å². The predicted octanol–water partition coefficient (Wildman–Crippen LogP) is 2.88. The van der Waals surface area contributed by atoms with Gasteiger partial charge in [0.2, 0.25) is 0 Å². The van der Waals surface area contributed by atoms with E-state index >= 15 is 0 Å². The second-order valence-electron chi connectivity index (χ2n) is 6.22. The van der Waals surface area contributed by atoms with Gasteiger partial charge in [0, 0.05) is 25.1 Å². The second-order valence-corrected chi connectivity index (χ2v) is 6.22. The largest absolute Gasteiger partial charge is 0.478 e. The van der Waals surface area contributed by atoms with Gasteiger partial charge in [0.15, 0.2) is 11.4 Å². The summed E-state index contributed by atoms with van der Waals surface area (Å²) in [7, 11) is 0. The zero-order valence-corrected chi connectivity index (χ0v) is 14.5. The van der Waals surface area contributed by atoms with Crippen molar-refractivity contribution in [2.24, 2.45) is 0 Å². The van der Waals surface area contributed by atoms with Crippen molar-refractivity contribution in [3.05, 3.63) is 72.4 Å². The minimum Gasteiger partial charge on any atom is -0.478 e. The lowest BCUT2D eigenvalue weighted by Gasteiger charge is -2.25. The van der Waals surface area contributed by atoms with Crippen LogP contribution in [-0.2, 0) is 11.3 Å². The number of nitrogens with zero attached hydrogens (tertiary/aromatic N) is 3. The number of rotatable bonds is 6. The van der Waals surface area contributed by atoms with Crippen LogP contribution in [0.5, 0.6) is 5.75 Å². The molecule has 1 N–H and O–H groups in total. The molecule has 0 fully saturated rings. The van der Waals surface area contributed by atoms with Crippen molar-refractivity contribution in [2.75, 3.05) is 0 Å². The van der Waals surface area contributed by atoms with Crippen LogP contribution < -0.4 is 10.1 Å². The van der Waals surface area contributed by atoms with E-state index in [0.717, 1.165) is 5.56 Å². The Morgan fingerprint density at radius 2 is 2.00 bits per heavy atom. The molecule has 0 saturated carbocycles. The van der Waals surface area contributed by atoms with E-state index in [1.165, 1.54) is 24.3 Å². The third-order valence-electron chi connectivity index (χ3n) is 3.73. The van der Waals surface area contributed by atoms with Crippen molar-refractivity contribution in [1.82, 2.24) is 20.1 Å². The van der Waals surface area contributed by atoms with E-state index in [2.05, 4.69) is 15.4 Å². The van der Waals surface area contributed by atoms with Gasteiger partial charge in [-0.05, 0) is 55.8 Å². The third kappa shape index (κ3) is 4.24. The Bertz CT molecular complexity index is 860. The number of pyridine rings is 1. The summed E-state index contributed by atoms with van der Waals surface area (Å²) in [5.41, 5.74) is -0.243. The molecule has 7 heteroatoms. The maximum atomic E-state index is 13.0. The smallest absolute Gasteiger partial charge is 0.263 e. The van der Waals surface area contributed by atoms with E-state index in [4.69, 9.17) is 4.74 Å². The molecular weight excluding hydrogens is 335 g/mol. The van der Waals surface area contributed by atoms with Crippen LogP contribution in [0.1, 0.15) is 19.4 Å². The Morgan fingerprint density at radius 1 is 1.23 bits per heavy atom. The van der Waals surface area contributed by atoms with Gasteiger partial charge in [-0.3, -0.25) is 4.79 Å². The second kappa shape index (κ2) is 7.35. The van der Waals surface area contributed by atoms with Crippen LogP contribution in [0, 0.1) is 5.82 Å². The van der Waals surface area contributed by atoms with E-state index < -0.39 is 5.60 Å². The fourth-order valence-corrected chi connectivity index (χ4v) is 2.30. The highest BCUT2D eigenvalue weighted by Crippen LogP contribution is 2.19. The van der Waals surface area contributed by atoms with Gasteiger partial charge < -0.3 is 10.1 Å². The summed E-state index contributed by atoms with van der Waals surface area (Å²) in [4.78, 5) is 16.7. The molecule has 2 aromatic heterocycles. The van der Waals surface area contributed by atoms with Crippen molar-refractivity contribution in [3.8, 4) is 11.6 Å². The van der Waals surface area contributed by atoms with Crippen LogP contribution in [0.15, 0.2) is 61.1 Å². The lowest BCUT2D eigenvalue weighted by Crippen LogP contribution is -2.46. The summed E-state index contributed by atoms with van der Waals surface area (Å²) in [6.45, 7) is 3.64. The molecule has 3 rings (SSSR count). The standard InChI is InChI=1S/C19H19FN4O2/c1-19(2,26-16-7-5-15(20)6-8-16)18(25)22-13-14-4-9-17(21-12-14)24-11-3-10-23-24/h3-12H,13H2,1-2H3,(H,22,25). The highest BCUT2D eigenvalue weighted by Gasteiger charge is 2.29. The molecule has 0 spiro atoms. The molecule has 26 heavy (non-hydrogen) atoms. The zero-order valence-electron chi connectivity index (χ0n) is 14.5. The predicted molar refractivity (Wildman–Crippen MR) is 94.3 cm³/mol. The van der Waals surface area contributed by atoms with Gasteiger partial charge in [-0.15, -0.1) is 0 Å². The highest BCUT2D eigenvalue weighted by molar-refractivity contribution is 5.84. The Hall–Kier alpha value is -3.22. The third-order valence-corrected chi connectivity index (χ3v) is 3.73. The van der Waals surface area contributed by atoms with Gasteiger partial charge in [-0.1, -0.05) is 6.07 Å². The summed E-state index contributed by atoms with van der Waals surface area (Å²) in [5, 5.41) is 6.94. The summed E-state index contributed by atoms with van der Waals surface area (Å²) in [6, 6.07) is 11.1. The quantitative estimate of drug-likeness (QED) is 0.739. The van der Waals surface area contributed by atoms with Crippen molar-refractivity contribution in [1.29, 1.82) is 0 Å². The molecule has 0 atom stereocenters.